The van der Waals surface area contributed by atoms with Gasteiger partial charge < -0.3 is 10.1 Å². The fraction of sp³-hybridized carbons (Fsp3) is 0.533. The van der Waals surface area contributed by atoms with Crippen LogP contribution >= 0.6 is 47.8 Å². The summed E-state index contributed by atoms with van der Waals surface area (Å²) in [5, 5.41) is 3.04. The molecule has 1 aromatic carbocycles. The Morgan fingerprint density at radius 2 is 2.14 bits per heavy atom. The lowest BCUT2D eigenvalue weighted by Crippen LogP contribution is -2.42. The van der Waals surface area contributed by atoms with Crippen molar-refractivity contribution >= 4 is 53.7 Å². The Balaban J connectivity index is 1.98. The number of benzene rings is 1. The van der Waals surface area contributed by atoms with Gasteiger partial charge in [-0.05, 0) is 76.3 Å². The highest BCUT2D eigenvalue weighted by molar-refractivity contribution is 9.11. The van der Waals surface area contributed by atoms with E-state index in [-0.39, 0.29) is 11.9 Å². The summed E-state index contributed by atoms with van der Waals surface area (Å²) in [5.74, 6) is 0.886. The molecule has 1 N–H and O–H groups in total. The van der Waals surface area contributed by atoms with Crippen molar-refractivity contribution in [1.82, 2.24) is 10.2 Å². The summed E-state index contributed by atoms with van der Waals surface area (Å²) >= 11 is 10.6. The first kappa shape index (κ1) is 18.2. The van der Waals surface area contributed by atoms with Crippen molar-refractivity contribution in [3.05, 3.63) is 25.0 Å². The van der Waals surface area contributed by atoms with E-state index in [1.54, 1.807) is 7.11 Å². The van der Waals surface area contributed by atoms with Crippen molar-refractivity contribution in [3.63, 3.8) is 0 Å². The molecule has 1 aliphatic heterocycles. The second-order valence-electron chi connectivity index (χ2n) is 5.35. The SMILES string of the molecule is COc1c(Br)cc(Br)c(CCNC(=O)[C@@H]2CCCN2C)c1Br. The van der Waals surface area contributed by atoms with Gasteiger partial charge >= 0.3 is 0 Å². The number of methoxy groups -OCH3 is 1. The number of nitrogens with zero attached hydrogens (tertiary/aromatic N) is 1. The van der Waals surface area contributed by atoms with E-state index < -0.39 is 0 Å². The molecule has 0 saturated carbocycles. The van der Waals surface area contributed by atoms with Crippen molar-refractivity contribution in [2.75, 3.05) is 27.2 Å². The Labute approximate surface area is 156 Å². The maximum atomic E-state index is 12.2. The molecule has 1 aliphatic rings. The van der Waals surface area contributed by atoms with Crippen LogP contribution in [0.2, 0.25) is 0 Å². The van der Waals surface area contributed by atoms with Gasteiger partial charge in [-0.25, -0.2) is 0 Å². The highest BCUT2D eigenvalue weighted by atomic mass is 79.9. The molecule has 22 heavy (non-hydrogen) atoms. The number of carbonyl (C=O) groups is 1. The smallest absolute Gasteiger partial charge is 0.237 e. The zero-order valence-electron chi connectivity index (χ0n) is 12.6. The maximum Gasteiger partial charge on any atom is 0.237 e. The topological polar surface area (TPSA) is 41.6 Å². The molecular formula is C15H19Br3N2O2. The lowest BCUT2D eigenvalue weighted by Gasteiger charge is -2.19. The van der Waals surface area contributed by atoms with Crippen LogP contribution in [0, 0.1) is 0 Å². The number of nitrogens with one attached hydrogen (secondary N) is 1. The molecular weight excluding hydrogens is 480 g/mol. The normalized spacial score (nSPS) is 18.5. The van der Waals surface area contributed by atoms with Crippen LogP contribution in [-0.2, 0) is 11.2 Å². The van der Waals surface area contributed by atoms with Gasteiger partial charge in [-0.3, -0.25) is 9.69 Å². The quantitative estimate of drug-likeness (QED) is 0.672. The van der Waals surface area contributed by atoms with Crippen LogP contribution in [0.1, 0.15) is 18.4 Å². The number of likely N-dealkylation sites (tertiary alicyclic amines) is 1. The van der Waals surface area contributed by atoms with Crippen LogP contribution < -0.4 is 10.1 Å². The van der Waals surface area contributed by atoms with Crippen molar-refractivity contribution in [2.24, 2.45) is 0 Å². The predicted molar refractivity (Wildman–Crippen MR) is 98.5 cm³/mol. The molecule has 1 fully saturated rings. The lowest BCUT2D eigenvalue weighted by molar-refractivity contribution is -0.125. The van der Waals surface area contributed by atoms with Crippen molar-refractivity contribution in [2.45, 2.75) is 25.3 Å². The van der Waals surface area contributed by atoms with Crippen molar-refractivity contribution in [3.8, 4) is 5.75 Å². The molecule has 7 heteroatoms. The summed E-state index contributed by atoms with van der Waals surface area (Å²) in [5.41, 5.74) is 1.08. The first-order chi connectivity index (χ1) is 10.5. The van der Waals surface area contributed by atoms with Gasteiger partial charge in [0.2, 0.25) is 5.91 Å². The Bertz CT molecular complexity index is 566. The van der Waals surface area contributed by atoms with Gasteiger partial charge in [0.1, 0.15) is 5.75 Å². The van der Waals surface area contributed by atoms with E-state index in [9.17, 15) is 4.79 Å². The Kier molecular flexibility index (Phi) is 6.73. The van der Waals surface area contributed by atoms with Gasteiger partial charge in [-0.2, -0.15) is 0 Å². The summed E-state index contributed by atoms with van der Waals surface area (Å²) in [6, 6.07) is 1.98. The van der Waals surface area contributed by atoms with E-state index in [1.165, 1.54) is 0 Å². The van der Waals surface area contributed by atoms with Crippen LogP contribution in [0.25, 0.3) is 0 Å². The minimum absolute atomic E-state index is 0.0198. The fourth-order valence-electron chi connectivity index (χ4n) is 2.70. The van der Waals surface area contributed by atoms with Gasteiger partial charge in [0, 0.05) is 11.0 Å². The van der Waals surface area contributed by atoms with Crippen LogP contribution in [-0.4, -0.2) is 44.1 Å². The molecule has 1 aromatic rings. The third-order valence-corrected chi connectivity index (χ3v) is 6.06. The highest BCUT2D eigenvalue weighted by Gasteiger charge is 2.27. The molecule has 0 aliphatic carbocycles. The molecule has 122 valence electrons. The number of hydrogen-bond donors (Lipinski definition) is 1. The van der Waals surface area contributed by atoms with Crippen molar-refractivity contribution < 1.29 is 9.53 Å². The predicted octanol–water partition coefficient (Wildman–Crippen LogP) is 3.74. The molecule has 1 heterocycles. The average molecular weight is 499 g/mol. The van der Waals surface area contributed by atoms with E-state index in [0.29, 0.717) is 6.54 Å². The fourth-order valence-corrected chi connectivity index (χ4v) is 5.54. The molecule has 0 unspecified atom stereocenters. The van der Waals surface area contributed by atoms with Crippen LogP contribution in [0.15, 0.2) is 19.5 Å². The Hall–Kier alpha value is -0.110. The number of carbonyl (C=O) groups excluding carboxylic acids is 1. The first-order valence-electron chi connectivity index (χ1n) is 7.14. The van der Waals surface area contributed by atoms with Crippen LogP contribution in [0.3, 0.4) is 0 Å². The summed E-state index contributed by atoms with van der Waals surface area (Å²) < 4.78 is 8.16. The highest BCUT2D eigenvalue weighted by Crippen LogP contribution is 2.40. The molecule has 1 saturated heterocycles. The molecule has 1 atom stereocenters. The van der Waals surface area contributed by atoms with E-state index >= 15 is 0 Å². The largest absolute Gasteiger partial charge is 0.494 e. The second-order valence-corrected chi connectivity index (χ2v) is 7.85. The van der Waals surface area contributed by atoms with Crippen molar-refractivity contribution in [1.29, 1.82) is 0 Å². The molecule has 0 bridgehead atoms. The molecule has 2 rings (SSSR count). The van der Waals surface area contributed by atoms with Gasteiger partial charge in [0.25, 0.3) is 0 Å². The number of amides is 1. The number of likely N-dealkylation sites (N-methyl/N-ethyl adjacent to an activating group) is 1. The minimum Gasteiger partial charge on any atom is -0.494 e. The third-order valence-electron chi connectivity index (χ3n) is 3.92. The van der Waals surface area contributed by atoms with E-state index in [0.717, 1.165) is 50.5 Å². The van der Waals surface area contributed by atoms with Gasteiger partial charge in [-0.1, -0.05) is 15.9 Å². The van der Waals surface area contributed by atoms with Crippen LogP contribution in [0.5, 0.6) is 5.75 Å². The minimum atomic E-state index is 0.0198. The second kappa shape index (κ2) is 8.13. The molecule has 0 aromatic heterocycles. The van der Waals surface area contributed by atoms with Gasteiger partial charge in [-0.15, -0.1) is 0 Å². The van der Waals surface area contributed by atoms with Crippen LogP contribution in [0.4, 0.5) is 0 Å². The third kappa shape index (κ3) is 4.04. The number of halogens is 3. The lowest BCUT2D eigenvalue weighted by atomic mass is 10.1. The average Bonchev–Trinajstić information content (AvgIpc) is 2.88. The standard InChI is InChI=1S/C15H19Br3N2O2/c1-20-7-3-4-12(20)15(21)19-6-5-9-10(16)8-11(17)14(22-2)13(9)18/h8,12H,3-7H2,1-2H3,(H,19,21)/t12-/m0/s1. The zero-order chi connectivity index (χ0) is 16.3. The monoisotopic (exact) mass is 496 g/mol. The van der Waals surface area contributed by atoms with Gasteiger partial charge in [0.05, 0.1) is 22.1 Å². The maximum absolute atomic E-state index is 12.2. The Morgan fingerprint density at radius 1 is 1.41 bits per heavy atom. The Morgan fingerprint density at radius 3 is 2.73 bits per heavy atom. The summed E-state index contributed by atoms with van der Waals surface area (Å²) in [4.78, 5) is 14.3. The first-order valence-corrected chi connectivity index (χ1v) is 9.52. The number of hydrogen-bond acceptors (Lipinski definition) is 3. The number of ether oxygens (including phenoxy) is 1. The summed E-state index contributed by atoms with van der Waals surface area (Å²) in [6.45, 7) is 1.60. The van der Waals surface area contributed by atoms with E-state index in [2.05, 4.69) is 58.0 Å². The number of rotatable bonds is 5. The van der Waals surface area contributed by atoms with Gasteiger partial charge in [0.15, 0.2) is 0 Å². The van der Waals surface area contributed by atoms with E-state index in [1.807, 2.05) is 13.1 Å². The summed E-state index contributed by atoms with van der Waals surface area (Å²) in [6.07, 6.45) is 2.77. The van der Waals surface area contributed by atoms with E-state index in [4.69, 9.17) is 4.74 Å². The molecule has 4 nitrogen and oxygen atoms in total. The zero-order valence-corrected chi connectivity index (χ0v) is 17.3. The molecule has 0 spiro atoms. The molecule has 0 radical (unpaired) electrons. The molecule has 1 amide bonds. The summed E-state index contributed by atoms with van der Waals surface area (Å²) in [7, 11) is 3.64.